The molecule has 2 atom stereocenters. The molecule has 1 fully saturated rings. The van der Waals surface area contributed by atoms with Gasteiger partial charge in [0.2, 0.25) is 11.8 Å². The van der Waals surface area contributed by atoms with E-state index in [4.69, 9.17) is 4.74 Å². The fraction of sp³-hybridized carbons (Fsp3) is 0.423. The summed E-state index contributed by atoms with van der Waals surface area (Å²) in [5, 5.41) is 17.6. The van der Waals surface area contributed by atoms with Gasteiger partial charge in [-0.05, 0) is 61.7 Å². The Morgan fingerprint density at radius 1 is 1.31 bits per heavy atom. The van der Waals surface area contributed by atoms with Crippen molar-refractivity contribution in [2.24, 2.45) is 5.92 Å². The summed E-state index contributed by atoms with van der Waals surface area (Å²) in [6.07, 6.45) is 3.37. The quantitative estimate of drug-likeness (QED) is 0.440. The van der Waals surface area contributed by atoms with Crippen molar-refractivity contribution in [3.63, 3.8) is 0 Å². The topological polar surface area (TPSA) is 99.6 Å². The van der Waals surface area contributed by atoms with Gasteiger partial charge in [0.05, 0.1) is 35.7 Å². The Morgan fingerprint density at radius 3 is 3.11 bits per heavy atom. The fourth-order valence-electron chi connectivity index (χ4n) is 4.90. The Hall–Kier alpha value is -2.72. The second-order valence-electron chi connectivity index (χ2n) is 9.20. The number of ether oxygens (including phenoxy) is 1. The molecule has 2 aromatic heterocycles. The number of nitrogens with zero attached hydrogens (tertiary/aromatic N) is 3. The second-order valence-corrected chi connectivity index (χ2v) is 10.2. The van der Waals surface area contributed by atoms with Crippen LogP contribution in [0.15, 0.2) is 47.5 Å². The van der Waals surface area contributed by atoms with Crippen molar-refractivity contribution in [3.05, 3.63) is 53.7 Å². The van der Waals surface area contributed by atoms with E-state index in [9.17, 15) is 9.90 Å². The number of aromatic nitrogens is 2. The van der Waals surface area contributed by atoms with E-state index >= 15 is 0 Å². The summed E-state index contributed by atoms with van der Waals surface area (Å²) in [4.78, 5) is 24.0. The van der Waals surface area contributed by atoms with Crippen molar-refractivity contribution >= 4 is 34.4 Å². The summed E-state index contributed by atoms with van der Waals surface area (Å²) in [5.41, 5.74) is 4.31. The maximum Gasteiger partial charge on any atom is 0.234 e. The molecule has 0 aliphatic carbocycles. The Labute approximate surface area is 209 Å². The number of nitrogens with one attached hydrogen (secondary N) is 2. The van der Waals surface area contributed by atoms with E-state index in [1.165, 1.54) is 12.0 Å². The smallest absolute Gasteiger partial charge is 0.234 e. The van der Waals surface area contributed by atoms with Gasteiger partial charge in [-0.25, -0.2) is 4.98 Å². The molecule has 0 radical (unpaired) electrons. The lowest BCUT2D eigenvalue weighted by atomic mass is 9.97. The van der Waals surface area contributed by atoms with Gasteiger partial charge in [-0.1, -0.05) is 6.07 Å². The lowest BCUT2D eigenvalue weighted by Crippen LogP contribution is -2.41. The molecular weight excluding hydrogens is 462 g/mol. The standard InChI is InChI=1S/C26H31N5O3S/c1-34-25-7-5-20-26(30-25)19(8-9-28-20)22(32)15-31-10-2-3-18(14-31)13-27-12-17-4-6-23-21(11-17)29-24(33)16-35-23/h4-9,11,18,22,27,32H,2-3,10,12-16H2,1H3,(H,29,33). The van der Waals surface area contributed by atoms with Crippen LogP contribution in [0.4, 0.5) is 5.69 Å². The minimum Gasteiger partial charge on any atom is -0.481 e. The third-order valence-electron chi connectivity index (χ3n) is 6.63. The molecule has 2 aliphatic rings. The van der Waals surface area contributed by atoms with Gasteiger partial charge in [0.15, 0.2) is 0 Å². The highest BCUT2D eigenvalue weighted by atomic mass is 32.2. The van der Waals surface area contributed by atoms with Crippen LogP contribution in [0.25, 0.3) is 11.0 Å². The number of pyridine rings is 2. The number of aliphatic hydroxyl groups is 1. The van der Waals surface area contributed by atoms with Gasteiger partial charge in [-0.15, -0.1) is 11.8 Å². The molecule has 3 N–H and O–H groups in total. The number of anilines is 1. The average molecular weight is 494 g/mol. The number of benzene rings is 1. The number of aliphatic hydroxyl groups excluding tert-OH is 1. The van der Waals surface area contributed by atoms with E-state index in [-0.39, 0.29) is 5.91 Å². The van der Waals surface area contributed by atoms with Crippen LogP contribution in [0.3, 0.4) is 0 Å². The zero-order valence-electron chi connectivity index (χ0n) is 19.9. The number of hydrogen-bond donors (Lipinski definition) is 3. The first-order valence-electron chi connectivity index (χ1n) is 12.1. The van der Waals surface area contributed by atoms with Gasteiger partial charge in [0, 0.05) is 42.4 Å². The van der Waals surface area contributed by atoms with Crippen LogP contribution in [0.1, 0.15) is 30.1 Å². The molecule has 184 valence electrons. The SMILES string of the molecule is COc1ccc2nccc(C(O)CN3CCCC(CNCc4ccc5c(c4)NC(=O)CS5)C3)c2n1. The number of fused-ring (bicyclic) bond motifs is 2. The van der Waals surface area contributed by atoms with Gasteiger partial charge >= 0.3 is 0 Å². The average Bonchev–Trinajstić information content (AvgIpc) is 2.88. The highest BCUT2D eigenvalue weighted by Gasteiger charge is 2.23. The number of carbonyl (C=O) groups is 1. The van der Waals surface area contributed by atoms with Crippen molar-refractivity contribution < 1.29 is 14.6 Å². The number of carbonyl (C=O) groups excluding carboxylic acids is 1. The van der Waals surface area contributed by atoms with Gasteiger partial charge in [-0.3, -0.25) is 9.78 Å². The highest BCUT2D eigenvalue weighted by Crippen LogP contribution is 2.32. The largest absolute Gasteiger partial charge is 0.481 e. The summed E-state index contributed by atoms with van der Waals surface area (Å²) in [7, 11) is 1.59. The van der Waals surface area contributed by atoms with Crippen molar-refractivity contribution in [1.29, 1.82) is 0 Å². The van der Waals surface area contributed by atoms with Gasteiger partial charge in [0.1, 0.15) is 0 Å². The van der Waals surface area contributed by atoms with E-state index < -0.39 is 6.10 Å². The number of β-amino-alcohol motifs (C(OH)–C–C–N with tert-alkyl or cyclic N) is 1. The number of rotatable bonds is 8. The number of methoxy groups -OCH3 is 1. The third kappa shape index (κ3) is 5.75. The molecule has 4 heterocycles. The van der Waals surface area contributed by atoms with Crippen LogP contribution < -0.4 is 15.4 Å². The highest BCUT2D eigenvalue weighted by molar-refractivity contribution is 8.00. The summed E-state index contributed by atoms with van der Waals surface area (Å²) in [6.45, 7) is 4.18. The van der Waals surface area contributed by atoms with Gasteiger partial charge in [0.25, 0.3) is 0 Å². The maximum atomic E-state index is 11.7. The predicted molar refractivity (Wildman–Crippen MR) is 138 cm³/mol. The zero-order chi connectivity index (χ0) is 24.2. The second kappa shape index (κ2) is 10.9. The monoisotopic (exact) mass is 493 g/mol. The van der Waals surface area contributed by atoms with Crippen LogP contribution in [-0.2, 0) is 11.3 Å². The Bertz CT molecular complexity index is 1210. The van der Waals surface area contributed by atoms with Crippen LogP contribution in [0, 0.1) is 5.92 Å². The van der Waals surface area contributed by atoms with E-state index in [0.29, 0.717) is 29.6 Å². The molecule has 2 aliphatic heterocycles. The van der Waals surface area contributed by atoms with Crippen molar-refractivity contribution in [2.75, 3.05) is 44.4 Å². The molecule has 2 unspecified atom stereocenters. The summed E-state index contributed by atoms with van der Waals surface area (Å²) in [5.74, 6) is 1.59. The van der Waals surface area contributed by atoms with Gasteiger partial charge in [-0.2, -0.15) is 0 Å². The van der Waals surface area contributed by atoms with E-state index in [2.05, 4.69) is 43.7 Å². The van der Waals surface area contributed by atoms with Crippen LogP contribution in [0.2, 0.25) is 0 Å². The van der Waals surface area contributed by atoms with E-state index in [1.54, 1.807) is 31.1 Å². The third-order valence-corrected chi connectivity index (χ3v) is 7.70. The summed E-state index contributed by atoms with van der Waals surface area (Å²) in [6, 6.07) is 11.8. The Balaban J connectivity index is 1.15. The molecule has 1 amide bonds. The Kier molecular flexibility index (Phi) is 7.48. The zero-order valence-corrected chi connectivity index (χ0v) is 20.7. The number of likely N-dealkylation sites (tertiary alicyclic amines) is 1. The van der Waals surface area contributed by atoms with E-state index in [1.807, 2.05) is 12.1 Å². The first-order chi connectivity index (χ1) is 17.1. The van der Waals surface area contributed by atoms with Crippen molar-refractivity contribution in [2.45, 2.75) is 30.4 Å². The number of hydrogen-bond acceptors (Lipinski definition) is 8. The molecular formula is C26H31N5O3S. The van der Waals surface area contributed by atoms with Crippen molar-refractivity contribution in [3.8, 4) is 5.88 Å². The molecule has 35 heavy (non-hydrogen) atoms. The van der Waals surface area contributed by atoms with Crippen molar-refractivity contribution in [1.82, 2.24) is 20.2 Å². The molecule has 5 rings (SSSR count). The molecule has 1 saturated heterocycles. The maximum absolute atomic E-state index is 11.7. The molecule has 0 bridgehead atoms. The molecule has 1 aromatic carbocycles. The number of thioether (sulfide) groups is 1. The number of amides is 1. The number of piperidine rings is 1. The molecule has 8 nitrogen and oxygen atoms in total. The predicted octanol–water partition coefficient (Wildman–Crippen LogP) is 3.22. The first-order valence-corrected chi connectivity index (χ1v) is 13.0. The fourth-order valence-corrected chi connectivity index (χ4v) is 5.69. The van der Waals surface area contributed by atoms with E-state index in [0.717, 1.165) is 54.3 Å². The minimum absolute atomic E-state index is 0.0618. The summed E-state index contributed by atoms with van der Waals surface area (Å²) < 4.78 is 5.27. The first kappa shape index (κ1) is 24.0. The Morgan fingerprint density at radius 2 is 2.23 bits per heavy atom. The van der Waals surface area contributed by atoms with Crippen LogP contribution in [-0.4, -0.2) is 64.9 Å². The summed E-state index contributed by atoms with van der Waals surface area (Å²) >= 11 is 1.59. The lowest BCUT2D eigenvalue weighted by molar-refractivity contribution is -0.113. The lowest BCUT2D eigenvalue weighted by Gasteiger charge is -2.34. The van der Waals surface area contributed by atoms with Gasteiger partial charge < -0.3 is 25.4 Å². The normalized spacial score (nSPS) is 19.3. The molecule has 0 saturated carbocycles. The van der Waals surface area contributed by atoms with Crippen LogP contribution in [0.5, 0.6) is 5.88 Å². The molecule has 0 spiro atoms. The minimum atomic E-state index is -0.643. The van der Waals surface area contributed by atoms with Crippen LogP contribution >= 0.6 is 11.8 Å². The molecule has 3 aromatic rings. The molecule has 9 heteroatoms.